The Balaban J connectivity index is 1.37. The molecule has 0 saturated heterocycles. The summed E-state index contributed by atoms with van der Waals surface area (Å²) in [5, 5.41) is 12.4. The highest BCUT2D eigenvalue weighted by Crippen LogP contribution is 2.34. The number of anilines is 1. The highest BCUT2D eigenvalue weighted by molar-refractivity contribution is 6.09. The Hall–Kier alpha value is -3.11. The Kier molecular flexibility index (Phi) is 6.68. The Labute approximate surface area is 179 Å². The van der Waals surface area contributed by atoms with Gasteiger partial charge in [-0.3, -0.25) is 14.7 Å². The predicted octanol–water partition coefficient (Wildman–Crippen LogP) is 2.09. The van der Waals surface area contributed by atoms with Crippen LogP contribution in [0.25, 0.3) is 0 Å². The first kappa shape index (κ1) is 21.1. The average molecular weight is 430 g/mol. The molecular formula is C21H26N4O6. The van der Waals surface area contributed by atoms with Gasteiger partial charge in [0.15, 0.2) is 17.2 Å². The molecule has 10 heteroatoms. The maximum Gasteiger partial charge on any atom is 0.274 e. The van der Waals surface area contributed by atoms with Crippen LogP contribution in [0.2, 0.25) is 0 Å². The van der Waals surface area contributed by atoms with E-state index >= 15 is 0 Å². The summed E-state index contributed by atoms with van der Waals surface area (Å²) >= 11 is 0. The van der Waals surface area contributed by atoms with Crippen molar-refractivity contribution in [1.82, 2.24) is 15.5 Å². The number of carbonyl (C=O) groups is 2. The minimum Gasteiger partial charge on any atom is -0.486 e. The maximum atomic E-state index is 12.8. The molecule has 1 aliphatic heterocycles. The third-order valence-corrected chi connectivity index (χ3v) is 5.35. The van der Waals surface area contributed by atoms with E-state index in [4.69, 9.17) is 18.9 Å². The van der Waals surface area contributed by atoms with Crippen molar-refractivity contribution in [2.24, 2.45) is 0 Å². The summed E-state index contributed by atoms with van der Waals surface area (Å²) in [5.74, 6) is 0.170. The summed E-state index contributed by atoms with van der Waals surface area (Å²) in [4.78, 5) is 25.6. The number of H-pyrrole nitrogens is 1. The van der Waals surface area contributed by atoms with Gasteiger partial charge in [-0.05, 0) is 37.8 Å². The molecule has 2 aromatic rings. The van der Waals surface area contributed by atoms with E-state index < -0.39 is 5.91 Å². The van der Waals surface area contributed by atoms with Gasteiger partial charge in [-0.2, -0.15) is 5.10 Å². The lowest BCUT2D eigenvalue weighted by molar-refractivity contribution is -0.0837. The largest absolute Gasteiger partial charge is 0.486 e. The first-order chi connectivity index (χ1) is 15.2. The molecule has 31 heavy (non-hydrogen) atoms. The molecule has 0 spiro atoms. The van der Waals surface area contributed by atoms with E-state index in [2.05, 4.69) is 20.8 Å². The number of aromatic amines is 1. The summed E-state index contributed by atoms with van der Waals surface area (Å²) in [6, 6.07) is 5.14. The first-order valence-electron chi connectivity index (χ1n) is 10.3. The quantitative estimate of drug-likeness (QED) is 0.575. The van der Waals surface area contributed by atoms with E-state index in [0.717, 1.165) is 25.7 Å². The van der Waals surface area contributed by atoms with E-state index in [-0.39, 0.29) is 30.5 Å². The fourth-order valence-electron chi connectivity index (χ4n) is 3.79. The zero-order valence-electron chi connectivity index (χ0n) is 17.3. The summed E-state index contributed by atoms with van der Waals surface area (Å²) in [6.07, 6.45) is 4.93. The second-order valence-corrected chi connectivity index (χ2v) is 7.45. The summed E-state index contributed by atoms with van der Waals surface area (Å²) in [6.45, 7) is 1.08. The van der Waals surface area contributed by atoms with Crippen LogP contribution >= 0.6 is 0 Å². The van der Waals surface area contributed by atoms with Crippen molar-refractivity contribution in [3.8, 4) is 11.5 Å². The van der Waals surface area contributed by atoms with Crippen molar-refractivity contribution in [1.29, 1.82) is 0 Å². The van der Waals surface area contributed by atoms with Gasteiger partial charge in [-0.15, -0.1) is 0 Å². The Morgan fingerprint density at radius 2 is 1.97 bits per heavy atom. The van der Waals surface area contributed by atoms with Gasteiger partial charge in [-0.1, -0.05) is 6.07 Å². The molecule has 1 aromatic heterocycles. The molecule has 0 radical (unpaired) electrons. The Morgan fingerprint density at radius 1 is 1.16 bits per heavy atom. The number of nitrogens with one attached hydrogen (secondary N) is 3. The molecule has 1 aliphatic carbocycles. The molecule has 0 atom stereocenters. The molecule has 2 aliphatic rings. The van der Waals surface area contributed by atoms with Crippen LogP contribution in [0.4, 0.5) is 5.69 Å². The standard InChI is InChI=1S/C21H26N4O6/c1-28-12-31-14-7-5-13(6-8-14)23-21(27)18-16(11-22-25-18)24-20(26)15-3-2-4-17-19(15)30-10-9-29-17/h2-4,11,13-14H,5-10,12H2,1H3,(H,22,25)(H,23,27)(H,24,26)/t13-,14-. The molecular weight excluding hydrogens is 404 g/mol. The first-order valence-corrected chi connectivity index (χ1v) is 10.3. The number of aromatic nitrogens is 2. The number of hydrogen-bond acceptors (Lipinski definition) is 7. The van der Waals surface area contributed by atoms with Gasteiger partial charge in [0.25, 0.3) is 11.8 Å². The van der Waals surface area contributed by atoms with Crippen molar-refractivity contribution < 1.29 is 28.5 Å². The lowest BCUT2D eigenvalue weighted by Gasteiger charge is -2.28. The smallest absolute Gasteiger partial charge is 0.274 e. The van der Waals surface area contributed by atoms with Crippen LogP contribution in [0, 0.1) is 0 Å². The monoisotopic (exact) mass is 430 g/mol. The third kappa shape index (κ3) is 4.97. The predicted molar refractivity (Wildman–Crippen MR) is 110 cm³/mol. The number of hydrogen-bond donors (Lipinski definition) is 3. The maximum absolute atomic E-state index is 12.8. The zero-order valence-corrected chi connectivity index (χ0v) is 17.3. The van der Waals surface area contributed by atoms with Gasteiger partial charge >= 0.3 is 0 Å². The molecule has 2 amide bonds. The number of ether oxygens (including phenoxy) is 4. The molecule has 166 valence electrons. The fourth-order valence-corrected chi connectivity index (χ4v) is 3.79. The second-order valence-electron chi connectivity index (χ2n) is 7.45. The van der Waals surface area contributed by atoms with Gasteiger partial charge in [0, 0.05) is 19.3 Å². The van der Waals surface area contributed by atoms with E-state index in [9.17, 15) is 9.59 Å². The number of para-hydroxylation sites is 1. The summed E-state index contributed by atoms with van der Waals surface area (Å²) < 4.78 is 21.6. The molecule has 10 nitrogen and oxygen atoms in total. The normalized spacial score (nSPS) is 20.2. The van der Waals surface area contributed by atoms with Crippen LogP contribution in [-0.4, -0.2) is 61.3 Å². The summed E-state index contributed by atoms with van der Waals surface area (Å²) in [5.41, 5.74) is 0.765. The molecule has 2 heterocycles. The van der Waals surface area contributed by atoms with E-state index in [1.165, 1.54) is 6.20 Å². The SMILES string of the molecule is COCO[C@H]1CC[C@H](NC(=O)c2n[nH]cc2NC(=O)c2cccc3c2OCCO3)CC1. The highest BCUT2D eigenvalue weighted by atomic mass is 16.7. The Bertz CT molecular complexity index is 922. The lowest BCUT2D eigenvalue weighted by atomic mass is 9.93. The summed E-state index contributed by atoms with van der Waals surface area (Å²) in [7, 11) is 1.60. The molecule has 4 rings (SSSR count). The van der Waals surface area contributed by atoms with E-state index in [1.807, 2.05) is 0 Å². The van der Waals surface area contributed by atoms with Crippen LogP contribution in [0.5, 0.6) is 11.5 Å². The number of carbonyl (C=O) groups excluding carboxylic acids is 2. The number of nitrogens with zero attached hydrogens (tertiary/aromatic N) is 1. The molecule has 1 saturated carbocycles. The number of benzene rings is 1. The van der Waals surface area contributed by atoms with Crippen molar-refractivity contribution >= 4 is 17.5 Å². The number of amides is 2. The van der Waals surface area contributed by atoms with Crippen LogP contribution in [0.15, 0.2) is 24.4 Å². The molecule has 0 bridgehead atoms. The van der Waals surface area contributed by atoms with E-state index in [1.54, 1.807) is 25.3 Å². The van der Waals surface area contributed by atoms with Crippen molar-refractivity contribution in [2.75, 3.05) is 32.4 Å². The molecule has 0 unspecified atom stereocenters. The topological polar surface area (TPSA) is 124 Å². The van der Waals surface area contributed by atoms with Crippen molar-refractivity contribution in [2.45, 2.75) is 37.8 Å². The molecule has 3 N–H and O–H groups in total. The number of methoxy groups -OCH3 is 1. The van der Waals surface area contributed by atoms with Gasteiger partial charge in [0.05, 0.1) is 17.4 Å². The molecule has 1 fully saturated rings. The number of rotatable bonds is 7. The fraction of sp³-hybridized carbons (Fsp3) is 0.476. The van der Waals surface area contributed by atoms with Crippen LogP contribution < -0.4 is 20.1 Å². The third-order valence-electron chi connectivity index (χ3n) is 5.35. The molecule has 1 aromatic carbocycles. The van der Waals surface area contributed by atoms with Gasteiger partial charge in [-0.25, -0.2) is 0 Å². The zero-order chi connectivity index (χ0) is 21.6. The highest BCUT2D eigenvalue weighted by Gasteiger charge is 2.26. The van der Waals surface area contributed by atoms with Crippen molar-refractivity contribution in [3.63, 3.8) is 0 Å². The van der Waals surface area contributed by atoms with Gasteiger partial charge in [0.2, 0.25) is 0 Å². The lowest BCUT2D eigenvalue weighted by Crippen LogP contribution is -2.39. The van der Waals surface area contributed by atoms with Gasteiger partial charge in [0.1, 0.15) is 20.0 Å². The van der Waals surface area contributed by atoms with Crippen LogP contribution in [0.1, 0.15) is 46.5 Å². The number of fused-ring (bicyclic) bond motifs is 1. The van der Waals surface area contributed by atoms with Crippen molar-refractivity contribution in [3.05, 3.63) is 35.7 Å². The van der Waals surface area contributed by atoms with Crippen LogP contribution in [-0.2, 0) is 9.47 Å². The average Bonchev–Trinajstić information content (AvgIpc) is 3.26. The minimum atomic E-state index is -0.409. The second kappa shape index (κ2) is 9.80. The minimum absolute atomic E-state index is 0.0295. The Morgan fingerprint density at radius 3 is 2.77 bits per heavy atom. The van der Waals surface area contributed by atoms with Gasteiger partial charge < -0.3 is 29.6 Å². The van der Waals surface area contributed by atoms with E-state index in [0.29, 0.717) is 36.0 Å². The van der Waals surface area contributed by atoms with Crippen LogP contribution in [0.3, 0.4) is 0 Å².